The van der Waals surface area contributed by atoms with Crippen LogP contribution in [0.25, 0.3) is 16.7 Å². The van der Waals surface area contributed by atoms with Crippen molar-refractivity contribution in [2.45, 2.75) is 0 Å². The Kier molecular flexibility index (Phi) is 3.06. The highest BCUT2D eigenvalue weighted by molar-refractivity contribution is 14.1. The first-order valence-corrected chi connectivity index (χ1v) is 6.86. The maximum Gasteiger partial charge on any atom is 0.206 e. The minimum Gasteiger partial charge on any atom is -0.494 e. The summed E-state index contributed by atoms with van der Waals surface area (Å²) in [6.07, 6.45) is 0. The fourth-order valence-electron chi connectivity index (χ4n) is 2.14. The van der Waals surface area contributed by atoms with E-state index in [1.54, 1.807) is 7.11 Å². The number of methoxy groups -OCH3 is 1. The predicted molar refractivity (Wildman–Crippen MR) is 84.8 cm³/mol. The normalized spacial score (nSPS) is 10.8. The van der Waals surface area contributed by atoms with Crippen LogP contribution in [0.4, 0.5) is 5.95 Å². The van der Waals surface area contributed by atoms with Gasteiger partial charge in [0.1, 0.15) is 11.3 Å². The third-order valence-corrected chi connectivity index (χ3v) is 3.90. The third kappa shape index (κ3) is 1.94. The van der Waals surface area contributed by atoms with E-state index in [0.29, 0.717) is 5.95 Å². The molecule has 0 amide bonds. The molecule has 0 aliphatic rings. The van der Waals surface area contributed by atoms with E-state index in [-0.39, 0.29) is 0 Å². The van der Waals surface area contributed by atoms with E-state index in [4.69, 9.17) is 10.5 Å². The Morgan fingerprint density at radius 3 is 2.68 bits per heavy atom. The van der Waals surface area contributed by atoms with Gasteiger partial charge >= 0.3 is 0 Å². The first-order valence-electron chi connectivity index (χ1n) is 5.78. The number of nitrogens with two attached hydrogens (primary N) is 1. The molecule has 3 aromatic rings. The van der Waals surface area contributed by atoms with Crippen molar-refractivity contribution in [1.82, 2.24) is 9.55 Å². The zero-order chi connectivity index (χ0) is 13.4. The smallest absolute Gasteiger partial charge is 0.206 e. The average molecular weight is 365 g/mol. The number of aromatic nitrogens is 2. The molecule has 0 aliphatic heterocycles. The number of hydrogen-bond acceptors (Lipinski definition) is 3. The van der Waals surface area contributed by atoms with Crippen LogP contribution in [0, 0.1) is 3.57 Å². The van der Waals surface area contributed by atoms with Crippen molar-refractivity contribution in [2.24, 2.45) is 0 Å². The largest absolute Gasteiger partial charge is 0.494 e. The summed E-state index contributed by atoms with van der Waals surface area (Å²) in [5.41, 5.74) is 8.82. The molecule has 1 heterocycles. The summed E-state index contributed by atoms with van der Waals surface area (Å²) in [5, 5.41) is 0. The molecule has 0 bridgehead atoms. The zero-order valence-corrected chi connectivity index (χ0v) is 12.5. The second-order valence-electron chi connectivity index (χ2n) is 4.08. The predicted octanol–water partition coefficient (Wildman–Crippen LogP) is 3.22. The zero-order valence-electron chi connectivity index (χ0n) is 10.3. The minimum atomic E-state index is 0.462. The van der Waals surface area contributed by atoms with Crippen LogP contribution in [0.15, 0.2) is 42.5 Å². The van der Waals surface area contributed by atoms with Crippen molar-refractivity contribution in [3.8, 4) is 11.4 Å². The first kappa shape index (κ1) is 12.3. The lowest BCUT2D eigenvalue weighted by molar-refractivity contribution is 0.419. The van der Waals surface area contributed by atoms with Crippen LogP contribution in [0.1, 0.15) is 0 Å². The molecular formula is C14H12IN3O. The quantitative estimate of drug-likeness (QED) is 0.710. The number of rotatable bonds is 2. The lowest BCUT2D eigenvalue weighted by Crippen LogP contribution is -2.02. The molecule has 5 heteroatoms. The summed E-state index contributed by atoms with van der Waals surface area (Å²) in [5.74, 6) is 1.19. The number of benzene rings is 2. The highest BCUT2D eigenvalue weighted by Gasteiger charge is 2.14. The molecule has 0 atom stereocenters. The SMILES string of the molecule is COc1cccc2c1nc(N)n2-c1ccccc1I. The molecule has 96 valence electrons. The van der Waals surface area contributed by atoms with Gasteiger partial charge in [-0.15, -0.1) is 0 Å². The van der Waals surface area contributed by atoms with Crippen molar-refractivity contribution >= 4 is 39.6 Å². The Balaban J connectivity index is 2.36. The molecule has 0 aliphatic carbocycles. The van der Waals surface area contributed by atoms with Crippen molar-refractivity contribution in [3.63, 3.8) is 0 Å². The Bertz CT molecular complexity index is 752. The molecule has 19 heavy (non-hydrogen) atoms. The van der Waals surface area contributed by atoms with Crippen LogP contribution < -0.4 is 10.5 Å². The summed E-state index contributed by atoms with van der Waals surface area (Å²) < 4.78 is 8.39. The molecule has 0 saturated carbocycles. The van der Waals surface area contributed by atoms with Crippen LogP contribution in [0.2, 0.25) is 0 Å². The third-order valence-electron chi connectivity index (χ3n) is 2.99. The Labute approximate surface area is 124 Å². The van der Waals surface area contributed by atoms with E-state index in [0.717, 1.165) is 26.0 Å². The molecular weight excluding hydrogens is 353 g/mol. The van der Waals surface area contributed by atoms with Crippen molar-refractivity contribution < 1.29 is 4.74 Å². The standard InChI is InChI=1S/C14H12IN3O/c1-19-12-8-4-7-11-13(12)17-14(16)18(11)10-6-3-2-5-9(10)15/h2-8H,1H3,(H2,16,17). The van der Waals surface area contributed by atoms with E-state index in [1.807, 2.05) is 47.0 Å². The fraction of sp³-hybridized carbons (Fsp3) is 0.0714. The van der Waals surface area contributed by atoms with Gasteiger partial charge in [-0.05, 0) is 46.9 Å². The lowest BCUT2D eigenvalue weighted by Gasteiger charge is -2.08. The second-order valence-corrected chi connectivity index (χ2v) is 5.25. The number of halogens is 1. The summed E-state index contributed by atoms with van der Waals surface area (Å²) in [6.45, 7) is 0. The molecule has 0 fully saturated rings. The molecule has 2 N–H and O–H groups in total. The van der Waals surface area contributed by atoms with Gasteiger partial charge in [0, 0.05) is 3.57 Å². The monoisotopic (exact) mass is 365 g/mol. The van der Waals surface area contributed by atoms with Gasteiger partial charge in [-0.1, -0.05) is 18.2 Å². The number of ether oxygens (including phenoxy) is 1. The van der Waals surface area contributed by atoms with Gasteiger partial charge in [-0.25, -0.2) is 4.98 Å². The molecule has 4 nitrogen and oxygen atoms in total. The molecule has 0 radical (unpaired) electrons. The van der Waals surface area contributed by atoms with E-state index < -0.39 is 0 Å². The van der Waals surface area contributed by atoms with Crippen LogP contribution in [-0.2, 0) is 0 Å². The maximum absolute atomic E-state index is 6.07. The van der Waals surface area contributed by atoms with Gasteiger partial charge in [-0.2, -0.15) is 0 Å². The molecule has 0 saturated heterocycles. The lowest BCUT2D eigenvalue weighted by atomic mass is 10.2. The second kappa shape index (κ2) is 4.73. The van der Waals surface area contributed by atoms with E-state index in [9.17, 15) is 0 Å². The summed E-state index contributed by atoms with van der Waals surface area (Å²) in [4.78, 5) is 4.41. The Morgan fingerprint density at radius 2 is 1.95 bits per heavy atom. The first-order chi connectivity index (χ1) is 9.22. The summed E-state index contributed by atoms with van der Waals surface area (Å²) in [7, 11) is 1.64. The van der Waals surface area contributed by atoms with Gasteiger partial charge < -0.3 is 10.5 Å². The number of nitrogens with zero attached hydrogens (tertiary/aromatic N) is 2. The van der Waals surface area contributed by atoms with Gasteiger partial charge in [0.05, 0.1) is 18.3 Å². The van der Waals surface area contributed by atoms with Gasteiger partial charge in [0.2, 0.25) is 5.95 Å². The van der Waals surface area contributed by atoms with E-state index in [2.05, 4.69) is 27.6 Å². The number of imidazole rings is 1. The highest BCUT2D eigenvalue weighted by atomic mass is 127. The van der Waals surface area contributed by atoms with Gasteiger partial charge in [0.15, 0.2) is 0 Å². The number of hydrogen-bond donors (Lipinski definition) is 1. The topological polar surface area (TPSA) is 53.1 Å². The van der Waals surface area contributed by atoms with E-state index in [1.165, 1.54) is 0 Å². The average Bonchev–Trinajstić information content (AvgIpc) is 2.75. The summed E-state index contributed by atoms with van der Waals surface area (Å²) in [6, 6.07) is 13.9. The highest BCUT2D eigenvalue weighted by Crippen LogP contribution is 2.30. The number of anilines is 1. The van der Waals surface area contributed by atoms with Crippen molar-refractivity contribution in [1.29, 1.82) is 0 Å². The molecule has 3 rings (SSSR count). The molecule has 1 aromatic heterocycles. The Morgan fingerprint density at radius 1 is 1.16 bits per heavy atom. The van der Waals surface area contributed by atoms with E-state index >= 15 is 0 Å². The number of nitrogen functional groups attached to an aromatic ring is 1. The van der Waals surface area contributed by atoms with Crippen molar-refractivity contribution in [2.75, 3.05) is 12.8 Å². The number of para-hydroxylation sites is 2. The maximum atomic E-state index is 6.07. The Hall–Kier alpha value is -1.76. The van der Waals surface area contributed by atoms with Crippen LogP contribution in [0.3, 0.4) is 0 Å². The van der Waals surface area contributed by atoms with Crippen molar-refractivity contribution in [3.05, 3.63) is 46.0 Å². The van der Waals surface area contributed by atoms with Crippen LogP contribution >= 0.6 is 22.6 Å². The summed E-state index contributed by atoms with van der Waals surface area (Å²) >= 11 is 2.29. The molecule has 0 spiro atoms. The molecule has 0 unspecified atom stereocenters. The van der Waals surface area contributed by atoms with Crippen LogP contribution in [0.5, 0.6) is 5.75 Å². The van der Waals surface area contributed by atoms with Crippen LogP contribution in [-0.4, -0.2) is 16.7 Å². The fourth-order valence-corrected chi connectivity index (χ4v) is 2.77. The van der Waals surface area contributed by atoms with Gasteiger partial charge in [0.25, 0.3) is 0 Å². The number of fused-ring (bicyclic) bond motifs is 1. The minimum absolute atomic E-state index is 0.462. The van der Waals surface area contributed by atoms with Gasteiger partial charge in [-0.3, -0.25) is 4.57 Å². The molecule has 2 aromatic carbocycles.